The standard InChI is InChI=1S/C51H31N3OS/c1-4-13-32(14-5-1)40-22-11-23-42-41-27-25-36(31-46(41)56-48(40)42)35-26-28-43-45(30-35)55-44-24-12-21-39(47(43)44)37-19-10-20-38(29-37)51-53-49(33-15-6-2-7-16-33)52-50(54-51)34-17-8-3-9-18-34/h1-31H. The minimum absolute atomic E-state index is 0.625. The Morgan fingerprint density at radius 1 is 0.339 bits per heavy atom. The van der Waals surface area contributed by atoms with Crippen molar-refractivity contribution < 1.29 is 4.42 Å². The third kappa shape index (κ3) is 5.56. The molecule has 0 N–H and O–H groups in total. The highest BCUT2D eigenvalue weighted by molar-refractivity contribution is 7.26. The Balaban J connectivity index is 0.988. The van der Waals surface area contributed by atoms with Crippen molar-refractivity contribution in [1.29, 1.82) is 0 Å². The van der Waals surface area contributed by atoms with Crippen LogP contribution < -0.4 is 0 Å². The molecule has 0 aliphatic heterocycles. The van der Waals surface area contributed by atoms with Crippen LogP contribution in [0.4, 0.5) is 0 Å². The molecular formula is C51H31N3OS. The molecule has 262 valence electrons. The third-order valence-electron chi connectivity index (χ3n) is 10.5. The monoisotopic (exact) mass is 733 g/mol. The van der Waals surface area contributed by atoms with Gasteiger partial charge in [-0.25, -0.2) is 15.0 Å². The van der Waals surface area contributed by atoms with Gasteiger partial charge in [-0.1, -0.05) is 158 Å². The fourth-order valence-corrected chi connectivity index (χ4v) is 9.11. The Bertz CT molecular complexity index is 3180. The van der Waals surface area contributed by atoms with Crippen LogP contribution in [0.5, 0.6) is 0 Å². The molecule has 0 aliphatic rings. The molecule has 0 atom stereocenters. The van der Waals surface area contributed by atoms with E-state index in [1.165, 1.54) is 36.9 Å². The van der Waals surface area contributed by atoms with Crippen LogP contribution in [0.2, 0.25) is 0 Å². The van der Waals surface area contributed by atoms with Gasteiger partial charge in [-0.2, -0.15) is 0 Å². The predicted molar refractivity (Wildman–Crippen MR) is 233 cm³/mol. The second kappa shape index (κ2) is 13.3. The molecule has 0 radical (unpaired) electrons. The third-order valence-corrected chi connectivity index (χ3v) is 11.7. The predicted octanol–water partition coefficient (Wildman–Crippen LogP) is 14.1. The second-order valence-electron chi connectivity index (χ2n) is 14.0. The summed E-state index contributed by atoms with van der Waals surface area (Å²) in [7, 11) is 0. The van der Waals surface area contributed by atoms with Crippen LogP contribution in [0.15, 0.2) is 192 Å². The van der Waals surface area contributed by atoms with E-state index in [0.717, 1.165) is 55.3 Å². The highest BCUT2D eigenvalue weighted by Crippen LogP contribution is 2.43. The Morgan fingerprint density at radius 3 is 1.61 bits per heavy atom. The lowest BCUT2D eigenvalue weighted by atomic mass is 9.96. The number of furan rings is 1. The van der Waals surface area contributed by atoms with Gasteiger partial charge in [-0.05, 0) is 63.7 Å². The number of hydrogen-bond donors (Lipinski definition) is 0. The fraction of sp³-hybridized carbons (Fsp3) is 0. The van der Waals surface area contributed by atoms with E-state index in [2.05, 4.69) is 127 Å². The molecule has 0 bridgehead atoms. The Labute approximate surface area is 327 Å². The van der Waals surface area contributed by atoms with Gasteiger partial charge in [0.25, 0.3) is 0 Å². The lowest BCUT2D eigenvalue weighted by Gasteiger charge is -2.10. The van der Waals surface area contributed by atoms with Crippen LogP contribution in [0, 0.1) is 0 Å². The van der Waals surface area contributed by atoms with Crippen LogP contribution in [-0.2, 0) is 0 Å². The first-order valence-electron chi connectivity index (χ1n) is 18.7. The first kappa shape index (κ1) is 32.2. The number of thiophene rings is 1. The Kier molecular flexibility index (Phi) is 7.64. The average Bonchev–Trinajstić information content (AvgIpc) is 3.85. The minimum atomic E-state index is 0.625. The minimum Gasteiger partial charge on any atom is -0.456 e. The highest BCUT2D eigenvalue weighted by Gasteiger charge is 2.17. The van der Waals surface area contributed by atoms with Crippen molar-refractivity contribution in [1.82, 2.24) is 15.0 Å². The maximum atomic E-state index is 6.59. The van der Waals surface area contributed by atoms with Gasteiger partial charge in [0, 0.05) is 47.6 Å². The summed E-state index contributed by atoms with van der Waals surface area (Å²) in [5.74, 6) is 1.91. The van der Waals surface area contributed by atoms with Gasteiger partial charge in [0.1, 0.15) is 11.2 Å². The van der Waals surface area contributed by atoms with E-state index in [1.807, 2.05) is 72.0 Å². The first-order chi connectivity index (χ1) is 27.7. The van der Waals surface area contributed by atoms with Crippen LogP contribution in [-0.4, -0.2) is 15.0 Å². The van der Waals surface area contributed by atoms with Gasteiger partial charge >= 0.3 is 0 Å². The van der Waals surface area contributed by atoms with Crippen molar-refractivity contribution in [2.45, 2.75) is 0 Å². The quantitative estimate of drug-likeness (QED) is 0.171. The zero-order valence-corrected chi connectivity index (χ0v) is 30.9. The topological polar surface area (TPSA) is 51.8 Å². The van der Waals surface area contributed by atoms with Gasteiger partial charge in [0.05, 0.1) is 0 Å². The van der Waals surface area contributed by atoms with Crippen molar-refractivity contribution >= 4 is 53.4 Å². The molecule has 4 nitrogen and oxygen atoms in total. The summed E-state index contributed by atoms with van der Waals surface area (Å²) in [5.41, 5.74) is 11.5. The summed E-state index contributed by atoms with van der Waals surface area (Å²) in [6, 6.07) is 65.6. The number of nitrogens with zero attached hydrogens (tertiary/aromatic N) is 3. The highest BCUT2D eigenvalue weighted by atomic mass is 32.1. The van der Waals surface area contributed by atoms with Gasteiger partial charge in [-0.3, -0.25) is 0 Å². The Hall–Kier alpha value is -7.21. The number of fused-ring (bicyclic) bond motifs is 6. The lowest BCUT2D eigenvalue weighted by Crippen LogP contribution is -2.00. The summed E-state index contributed by atoms with van der Waals surface area (Å²) in [6.45, 7) is 0. The van der Waals surface area contributed by atoms with Crippen molar-refractivity contribution in [2.24, 2.45) is 0 Å². The summed E-state index contributed by atoms with van der Waals surface area (Å²) in [5, 5.41) is 4.75. The fourth-order valence-electron chi connectivity index (χ4n) is 7.83. The van der Waals surface area contributed by atoms with Crippen molar-refractivity contribution in [2.75, 3.05) is 0 Å². The molecule has 11 aromatic rings. The molecule has 0 fully saturated rings. The Morgan fingerprint density at radius 2 is 0.893 bits per heavy atom. The summed E-state index contributed by atoms with van der Waals surface area (Å²) in [4.78, 5) is 14.9. The van der Waals surface area contributed by atoms with Gasteiger partial charge in [-0.15, -0.1) is 11.3 Å². The smallest absolute Gasteiger partial charge is 0.164 e. The largest absolute Gasteiger partial charge is 0.456 e. The van der Waals surface area contributed by atoms with Crippen molar-refractivity contribution in [3.05, 3.63) is 188 Å². The molecule has 5 heteroatoms. The summed E-state index contributed by atoms with van der Waals surface area (Å²) < 4.78 is 9.19. The lowest BCUT2D eigenvalue weighted by molar-refractivity contribution is 0.669. The molecule has 0 aliphatic carbocycles. The number of hydrogen-bond acceptors (Lipinski definition) is 5. The van der Waals surface area contributed by atoms with Gasteiger partial charge < -0.3 is 4.42 Å². The summed E-state index contributed by atoms with van der Waals surface area (Å²) in [6.07, 6.45) is 0. The molecule has 3 heterocycles. The molecule has 56 heavy (non-hydrogen) atoms. The maximum Gasteiger partial charge on any atom is 0.164 e. The van der Waals surface area contributed by atoms with E-state index in [1.54, 1.807) is 0 Å². The van der Waals surface area contributed by atoms with Crippen LogP contribution >= 0.6 is 11.3 Å². The number of aromatic nitrogens is 3. The van der Waals surface area contributed by atoms with Gasteiger partial charge in [0.15, 0.2) is 17.5 Å². The molecule has 11 rings (SSSR count). The molecule has 0 unspecified atom stereocenters. The molecular weight excluding hydrogens is 703 g/mol. The van der Waals surface area contributed by atoms with Crippen molar-refractivity contribution in [3.8, 4) is 67.5 Å². The van der Waals surface area contributed by atoms with Crippen LogP contribution in [0.1, 0.15) is 0 Å². The molecule has 0 saturated carbocycles. The SMILES string of the molecule is c1ccc(-c2nc(-c3ccccc3)nc(-c3cccc(-c4cccc5oc6cc(-c7ccc8c(c7)sc7c(-c9ccccc9)cccc78)ccc6c45)c3)n2)cc1. The van der Waals surface area contributed by atoms with E-state index in [-0.39, 0.29) is 0 Å². The summed E-state index contributed by atoms with van der Waals surface area (Å²) >= 11 is 1.86. The first-order valence-corrected chi connectivity index (χ1v) is 19.5. The van der Waals surface area contributed by atoms with E-state index < -0.39 is 0 Å². The number of benzene rings is 8. The van der Waals surface area contributed by atoms with Gasteiger partial charge in [0.2, 0.25) is 0 Å². The van der Waals surface area contributed by atoms with Crippen LogP contribution in [0.25, 0.3) is 110 Å². The molecule has 0 spiro atoms. The second-order valence-corrected chi connectivity index (χ2v) is 15.0. The van der Waals surface area contributed by atoms with E-state index in [0.29, 0.717) is 17.5 Å². The normalized spacial score (nSPS) is 11.6. The zero-order chi connectivity index (χ0) is 37.0. The van der Waals surface area contributed by atoms with E-state index in [4.69, 9.17) is 19.4 Å². The molecule has 3 aromatic heterocycles. The van der Waals surface area contributed by atoms with E-state index >= 15 is 0 Å². The van der Waals surface area contributed by atoms with E-state index in [9.17, 15) is 0 Å². The molecule has 8 aromatic carbocycles. The van der Waals surface area contributed by atoms with Crippen molar-refractivity contribution in [3.63, 3.8) is 0 Å². The number of rotatable bonds is 6. The maximum absolute atomic E-state index is 6.59. The van der Waals surface area contributed by atoms with Crippen LogP contribution in [0.3, 0.4) is 0 Å². The molecule has 0 amide bonds. The zero-order valence-electron chi connectivity index (χ0n) is 30.1. The average molecular weight is 734 g/mol. The molecule has 0 saturated heterocycles.